The van der Waals surface area contributed by atoms with Crippen molar-refractivity contribution in [2.45, 2.75) is 31.8 Å². The molecule has 3 heterocycles. The van der Waals surface area contributed by atoms with E-state index in [1.54, 1.807) is 0 Å². The number of carbonyl (C=O) groups is 1. The van der Waals surface area contributed by atoms with Crippen LogP contribution in [-0.2, 0) is 4.74 Å². The Kier molecular flexibility index (Phi) is 3.14. The fraction of sp³-hybridized carbons (Fsp3) is 0.571. The molecular weight excluding hydrogens is 278 g/mol. The number of carbonyl (C=O) groups excluding carboxylic acids is 1. The first-order chi connectivity index (χ1) is 9.41. The summed E-state index contributed by atoms with van der Waals surface area (Å²) in [7, 11) is 0. The van der Waals surface area contributed by atoms with Crippen molar-refractivity contribution in [1.82, 2.24) is 10.3 Å². The summed E-state index contributed by atoms with van der Waals surface area (Å²) in [4.78, 5) is 15.9. The highest BCUT2D eigenvalue weighted by molar-refractivity contribution is 6.33. The number of hydrogen-bond acceptors (Lipinski definition) is 4. The molecule has 3 aliphatic rings. The number of amides is 1. The Balaban J connectivity index is 1.51. The molecule has 1 saturated carbocycles. The number of hydrogen-bond donors (Lipinski definition) is 2. The minimum Gasteiger partial charge on any atom is -0.382 e. The molecule has 6 heteroatoms. The van der Waals surface area contributed by atoms with E-state index < -0.39 is 0 Å². The summed E-state index contributed by atoms with van der Waals surface area (Å²) in [5.41, 5.74) is 6.32. The van der Waals surface area contributed by atoms with Gasteiger partial charge in [0.1, 0.15) is 5.82 Å². The maximum Gasteiger partial charge on any atom is 0.252 e. The van der Waals surface area contributed by atoms with Gasteiger partial charge in [0.2, 0.25) is 0 Å². The molecule has 4 rings (SSSR count). The van der Waals surface area contributed by atoms with Crippen LogP contribution < -0.4 is 11.1 Å². The van der Waals surface area contributed by atoms with Crippen molar-refractivity contribution in [3.8, 4) is 0 Å². The van der Waals surface area contributed by atoms with Gasteiger partial charge in [-0.15, -0.1) is 0 Å². The van der Waals surface area contributed by atoms with Crippen molar-refractivity contribution >= 4 is 23.3 Å². The van der Waals surface area contributed by atoms with Gasteiger partial charge in [0.15, 0.2) is 0 Å². The van der Waals surface area contributed by atoms with Crippen LogP contribution in [0.5, 0.6) is 0 Å². The molecule has 0 unspecified atom stereocenters. The molecule has 1 aromatic heterocycles. The fourth-order valence-corrected chi connectivity index (χ4v) is 3.60. The lowest BCUT2D eigenvalue weighted by Crippen LogP contribution is -2.43. The number of pyridine rings is 1. The second kappa shape index (κ2) is 4.60. The molecule has 1 amide bonds. The molecular formula is C14H18ClN3O2. The number of halogens is 1. The van der Waals surface area contributed by atoms with Gasteiger partial charge in [-0.1, -0.05) is 11.6 Å². The van der Waals surface area contributed by atoms with Gasteiger partial charge < -0.3 is 15.8 Å². The van der Waals surface area contributed by atoms with Gasteiger partial charge in [0, 0.05) is 18.2 Å². The van der Waals surface area contributed by atoms with Gasteiger partial charge in [-0.3, -0.25) is 4.79 Å². The standard InChI is InChI=1S/C14H18ClN3O2/c1-13-6-14(7-13,8-20-13)2-3-17-12(19)9-4-10(15)11(16)18-5-9/h4-5H,2-3,6-8H2,1H3,(H2,16,18)(H,17,19). The Bertz CT molecular complexity index is 555. The molecule has 2 aliphatic heterocycles. The summed E-state index contributed by atoms with van der Waals surface area (Å²) < 4.78 is 5.73. The average molecular weight is 296 g/mol. The Morgan fingerprint density at radius 3 is 2.95 bits per heavy atom. The van der Waals surface area contributed by atoms with E-state index in [1.165, 1.54) is 12.3 Å². The van der Waals surface area contributed by atoms with Crippen LogP contribution in [0, 0.1) is 5.41 Å². The monoisotopic (exact) mass is 295 g/mol. The number of ether oxygens (including phenoxy) is 1. The van der Waals surface area contributed by atoms with E-state index in [9.17, 15) is 4.79 Å². The number of nitrogens with one attached hydrogen (secondary N) is 1. The smallest absolute Gasteiger partial charge is 0.252 e. The van der Waals surface area contributed by atoms with E-state index >= 15 is 0 Å². The molecule has 1 aliphatic carbocycles. The van der Waals surface area contributed by atoms with Crippen molar-refractivity contribution < 1.29 is 9.53 Å². The highest BCUT2D eigenvalue weighted by Gasteiger charge is 2.58. The molecule has 20 heavy (non-hydrogen) atoms. The summed E-state index contributed by atoms with van der Waals surface area (Å²) in [5.74, 6) is 0.0655. The summed E-state index contributed by atoms with van der Waals surface area (Å²) in [6.07, 6.45) is 4.59. The lowest BCUT2D eigenvalue weighted by atomic mass is 9.62. The van der Waals surface area contributed by atoms with Gasteiger partial charge in [0.05, 0.1) is 22.8 Å². The highest BCUT2D eigenvalue weighted by Crippen LogP contribution is 2.59. The summed E-state index contributed by atoms with van der Waals surface area (Å²) in [6, 6.07) is 1.54. The molecule has 5 nitrogen and oxygen atoms in total. The largest absolute Gasteiger partial charge is 0.382 e. The van der Waals surface area contributed by atoms with Gasteiger partial charge >= 0.3 is 0 Å². The second-order valence-electron chi connectivity index (χ2n) is 6.19. The zero-order valence-corrected chi connectivity index (χ0v) is 12.2. The third kappa shape index (κ3) is 2.36. The van der Waals surface area contributed by atoms with Crippen LogP contribution in [0.15, 0.2) is 12.3 Å². The number of aromatic nitrogens is 1. The molecule has 3 fully saturated rings. The second-order valence-corrected chi connectivity index (χ2v) is 6.60. The first kappa shape index (κ1) is 13.6. The highest BCUT2D eigenvalue weighted by atomic mass is 35.5. The molecule has 0 atom stereocenters. The van der Waals surface area contributed by atoms with E-state index in [4.69, 9.17) is 22.1 Å². The van der Waals surface area contributed by atoms with Crippen LogP contribution in [0.2, 0.25) is 5.02 Å². The van der Waals surface area contributed by atoms with Gasteiger partial charge in [-0.05, 0) is 32.3 Å². The van der Waals surface area contributed by atoms with Crippen molar-refractivity contribution in [3.05, 3.63) is 22.8 Å². The summed E-state index contributed by atoms with van der Waals surface area (Å²) in [6.45, 7) is 3.60. The van der Waals surface area contributed by atoms with Crippen molar-refractivity contribution in [1.29, 1.82) is 0 Å². The number of fused-ring (bicyclic) bond motifs is 1. The SMILES string of the molecule is CC12CC(CCNC(=O)c3cnc(N)c(Cl)c3)(CO1)C2. The van der Waals surface area contributed by atoms with Gasteiger partial charge in [-0.2, -0.15) is 0 Å². The van der Waals surface area contributed by atoms with Gasteiger partial charge in [0.25, 0.3) is 5.91 Å². The Morgan fingerprint density at radius 1 is 1.60 bits per heavy atom. The Morgan fingerprint density at radius 2 is 2.35 bits per heavy atom. The maximum atomic E-state index is 12.0. The Labute approximate surface area is 122 Å². The lowest BCUT2D eigenvalue weighted by molar-refractivity contribution is 0.00174. The Hall–Kier alpha value is -1.33. The third-order valence-electron chi connectivity index (χ3n) is 4.30. The molecule has 0 spiro atoms. The predicted octanol–water partition coefficient (Wildman–Crippen LogP) is 2.01. The normalized spacial score (nSPS) is 30.9. The van der Waals surface area contributed by atoms with E-state index in [0.717, 1.165) is 25.9 Å². The number of nitrogens with two attached hydrogens (primary N) is 1. The minimum atomic E-state index is -0.170. The molecule has 2 saturated heterocycles. The zero-order valence-electron chi connectivity index (χ0n) is 11.4. The number of nitrogens with zero attached hydrogens (tertiary/aromatic N) is 1. The van der Waals surface area contributed by atoms with E-state index in [-0.39, 0.29) is 22.7 Å². The number of nitrogen functional groups attached to an aromatic ring is 1. The minimum absolute atomic E-state index is 0.0956. The van der Waals surface area contributed by atoms with Crippen LogP contribution in [-0.4, -0.2) is 29.6 Å². The molecule has 2 bridgehead atoms. The van der Waals surface area contributed by atoms with Crippen LogP contribution >= 0.6 is 11.6 Å². The number of anilines is 1. The topological polar surface area (TPSA) is 77.2 Å². The molecule has 108 valence electrons. The zero-order chi connectivity index (χ0) is 14.4. The van der Waals surface area contributed by atoms with Crippen LogP contribution in [0.25, 0.3) is 0 Å². The first-order valence-corrected chi connectivity index (χ1v) is 7.13. The summed E-state index contributed by atoms with van der Waals surface area (Å²) >= 11 is 5.86. The lowest BCUT2D eigenvalue weighted by Gasteiger charge is -2.42. The average Bonchev–Trinajstić information content (AvgIpc) is 2.86. The molecule has 0 aromatic carbocycles. The van der Waals surface area contributed by atoms with Gasteiger partial charge in [-0.25, -0.2) is 4.98 Å². The molecule has 1 aromatic rings. The third-order valence-corrected chi connectivity index (χ3v) is 4.60. The fourth-order valence-electron chi connectivity index (χ4n) is 3.43. The van der Waals surface area contributed by atoms with Crippen molar-refractivity contribution in [3.63, 3.8) is 0 Å². The van der Waals surface area contributed by atoms with Crippen LogP contribution in [0.3, 0.4) is 0 Å². The number of rotatable bonds is 4. The predicted molar refractivity (Wildman–Crippen MR) is 76.6 cm³/mol. The first-order valence-electron chi connectivity index (χ1n) is 6.75. The summed E-state index contributed by atoms with van der Waals surface area (Å²) in [5, 5.41) is 3.20. The van der Waals surface area contributed by atoms with E-state index in [2.05, 4.69) is 17.2 Å². The van der Waals surface area contributed by atoms with Crippen LogP contribution in [0.1, 0.15) is 36.5 Å². The van der Waals surface area contributed by atoms with E-state index in [0.29, 0.717) is 17.1 Å². The van der Waals surface area contributed by atoms with Crippen LogP contribution in [0.4, 0.5) is 5.82 Å². The van der Waals surface area contributed by atoms with E-state index in [1.807, 2.05) is 0 Å². The van der Waals surface area contributed by atoms with Crippen molar-refractivity contribution in [2.75, 3.05) is 18.9 Å². The van der Waals surface area contributed by atoms with Crippen molar-refractivity contribution in [2.24, 2.45) is 5.41 Å². The quantitative estimate of drug-likeness (QED) is 0.891. The maximum absolute atomic E-state index is 12.0. The molecule has 0 radical (unpaired) electrons. The molecule has 3 N–H and O–H groups in total.